The second-order valence-corrected chi connectivity index (χ2v) is 17.3. The van der Waals surface area contributed by atoms with Crippen LogP contribution >= 0.6 is 0 Å². The number of aliphatic hydroxyl groups is 1. The summed E-state index contributed by atoms with van der Waals surface area (Å²) in [4.78, 5) is 36.1. The molecule has 1 N–H and O–H groups in total. The van der Waals surface area contributed by atoms with Crippen molar-refractivity contribution in [1.29, 1.82) is 0 Å². The standard InChI is InChI=1S/C50H101N3O6/c1-5-9-13-17-24-33-41-53(42-34-25-18-14-10-6-2)59-50(56)36-28-26-32-40-51(43-46-57-48-45-54)39-31-23-21-19-20-22-27-35-49(55)58-47-44-52(37-29-15-11-7-3)38-30-16-12-8-4/h54H,5-48H2,1-4H3. The van der Waals surface area contributed by atoms with E-state index in [2.05, 4.69) is 37.5 Å². The highest BCUT2D eigenvalue weighted by Gasteiger charge is 2.13. The molecule has 0 amide bonds. The fraction of sp³-hybridized carbons (Fsp3) is 0.960. The molecule has 0 bridgehead atoms. The molecular formula is C50H101N3O6. The maximum atomic E-state index is 12.8. The molecule has 0 aliphatic carbocycles. The van der Waals surface area contributed by atoms with Crippen molar-refractivity contribution in [2.75, 3.05) is 78.8 Å². The Hall–Kier alpha value is -1.26. The molecule has 0 aromatic rings. The van der Waals surface area contributed by atoms with Gasteiger partial charge in [-0.2, -0.15) is 0 Å². The third kappa shape index (κ3) is 43.2. The van der Waals surface area contributed by atoms with Crippen LogP contribution < -0.4 is 0 Å². The van der Waals surface area contributed by atoms with Gasteiger partial charge in [-0.15, -0.1) is 5.06 Å². The van der Waals surface area contributed by atoms with E-state index in [1.54, 1.807) is 0 Å². The SMILES string of the molecule is CCCCCCCCN(CCCCCCCC)OC(=O)CCCCCN(CCCCCCCCCC(=O)OCCN(CCCCCC)CCCCCC)CCOCCO. The molecule has 0 spiro atoms. The van der Waals surface area contributed by atoms with Crippen LogP contribution in [0.4, 0.5) is 0 Å². The third-order valence-electron chi connectivity index (χ3n) is 11.6. The number of nitrogens with zero attached hydrogens (tertiary/aromatic N) is 3. The summed E-state index contributed by atoms with van der Waals surface area (Å²) in [5.41, 5.74) is 0. The molecule has 9 nitrogen and oxygen atoms in total. The van der Waals surface area contributed by atoms with Crippen molar-refractivity contribution in [2.45, 2.75) is 233 Å². The lowest BCUT2D eigenvalue weighted by Crippen LogP contribution is -2.30. The van der Waals surface area contributed by atoms with Gasteiger partial charge in [-0.3, -0.25) is 14.5 Å². The molecule has 352 valence electrons. The summed E-state index contributed by atoms with van der Waals surface area (Å²) in [5, 5.41) is 11.1. The van der Waals surface area contributed by atoms with Crippen molar-refractivity contribution in [1.82, 2.24) is 14.9 Å². The lowest BCUT2D eigenvalue weighted by atomic mass is 10.1. The first-order valence-electron chi connectivity index (χ1n) is 25.7. The zero-order valence-electron chi connectivity index (χ0n) is 39.9. The highest BCUT2D eigenvalue weighted by atomic mass is 16.7. The van der Waals surface area contributed by atoms with Crippen LogP contribution in [0.3, 0.4) is 0 Å². The van der Waals surface area contributed by atoms with Crippen LogP contribution in [0, 0.1) is 0 Å². The van der Waals surface area contributed by atoms with E-state index in [1.807, 2.05) is 5.06 Å². The number of carbonyl (C=O) groups excluding carboxylic acids is 2. The van der Waals surface area contributed by atoms with E-state index in [1.165, 1.54) is 148 Å². The predicted molar refractivity (Wildman–Crippen MR) is 250 cm³/mol. The highest BCUT2D eigenvalue weighted by molar-refractivity contribution is 5.69. The van der Waals surface area contributed by atoms with Gasteiger partial charge in [0.25, 0.3) is 0 Å². The number of esters is 1. The van der Waals surface area contributed by atoms with Crippen LogP contribution in [-0.4, -0.2) is 111 Å². The number of unbranched alkanes of at least 4 members (excludes halogenated alkanes) is 24. The van der Waals surface area contributed by atoms with E-state index < -0.39 is 0 Å². The normalized spacial score (nSPS) is 11.7. The number of rotatable bonds is 49. The Morgan fingerprint density at radius 2 is 0.712 bits per heavy atom. The Labute approximate surface area is 366 Å². The molecular weight excluding hydrogens is 739 g/mol. The van der Waals surface area contributed by atoms with E-state index in [0.29, 0.717) is 32.7 Å². The topological polar surface area (TPSA) is 91.8 Å². The number of aliphatic hydroxyl groups excluding tert-OH is 1. The molecule has 0 aromatic carbocycles. The largest absolute Gasteiger partial charge is 0.464 e. The Morgan fingerprint density at radius 3 is 1.15 bits per heavy atom. The average molecular weight is 840 g/mol. The molecule has 0 aliphatic heterocycles. The minimum Gasteiger partial charge on any atom is -0.464 e. The molecule has 0 unspecified atom stereocenters. The lowest BCUT2D eigenvalue weighted by Gasteiger charge is -2.22. The van der Waals surface area contributed by atoms with Gasteiger partial charge in [0.05, 0.1) is 19.8 Å². The number of ether oxygens (including phenoxy) is 2. The van der Waals surface area contributed by atoms with E-state index in [9.17, 15) is 9.59 Å². The molecule has 9 heteroatoms. The fourth-order valence-electron chi connectivity index (χ4n) is 7.72. The number of hydrogen-bond donors (Lipinski definition) is 1. The van der Waals surface area contributed by atoms with Gasteiger partial charge < -0.3 is 24.3 Å². The first-order chi connectivity index (χ1) is 29.0. The Kier molecular flexibility index (Phi) is 46.8. The molecule has 0 atom stereocenters. The van der Waals surface area contributed by atoms with Gasteiger partial charge in [-0.05, 0) is 77.5 Å². The second kappa shape index (κ2) is 47.8. The van der Waals surface area contributed by atoms with Gasteiger partial charge in [0.15, 0.2) is 0 Å². The molecule has 59 heavy (non-hydrogen) atoms. The highest BCUT2D eigenvalue weighted by Crippen LogP contribution is 2.13. The van der Waals surface area contributed by atoms with Crippen molar-refractivity contribution >= 4 is 11.9 Å². The van der Waals surface area contributed by atoms with Gasteiger partial charge in [0.1, 0.15) is 6.61 Å². The fourth-order valence-corrected chi connectivity index (χ4v) is 7.72. The van der Waals surface area contributed by atoms with E-state index >= 15 is 0 Å². The number of hydroxylamine groups is 2. The Bertz CT molecular complexity index is 837. The Balaban J connectivity index is 4.30. The van der Waals surface area contributed by atoms with Crippen LogP contribution in [0.25, 0.3) is 0 Å². The summed E-state index contributed by atoms with van der Waals surface area (Å²) in [5.74, 6) is -0.107. The van der Waals surface area contributed by atoms with Crippen molar-refractivity contribution in [2.24, 2.45) is 0 Å². The zero-order valence-corrected chi connectivity index (χ0v) is 39.9. The zero-order chi connectivity index (χ0) is 43.1. The summed E-state index contributed by atoms with van der Waals surface area (Å²) >= 11 is 0. The second-order valence-electron chi connectivity index (χ2n) is 17.3. The average Bonchev–Trinajstić information content (AvgIpc) is 3.23. The minimum atomic E-state index is -0.0742. The van der Waals surface area contributed by atoms with Crippen molar-refractivity contribution < 1.29 is 29.0 Å². The molecule has 0 heterocycles. The minimum absolute atomic E-state index is 0.0332. The maximum absolute atomic E-state index is 12.8. The predicted octanol–water partition coefficient (Wildman–Crippen LogP) is 12.5. The van der Waals surface area contributed by atoms with Crippen LogP contribution in [0.15, 0.2) is 0 Å². The monoisotopic (exact) mass is 840 g/mol. The van der Waals surface area contributed by atoms with Crippen LogP contribution in [-0.2, 0) is 23.9 Å². The molecule has 0 fully saturated rings. The lowest BCUT2D eigenvalue weighted by molar-refractivity contribution is -0.191. The van der Waals surface area contributed by atoms with Gasteiger partial charge >= 0.3 is 11.9 Å². The van der Waals surface area contributed by atoms with Crippen LogP contribution in [0.2, 0.25) is 0 Å². The van der Waals surface area contributed by atoms with Gasteiger partial charge in [0, 0.05) is 39.0 Å². The van der Waals surface area contributed by atoms with Crippen molar-refractivity contribution in [3.8, 4) is 0 Å². The van der Waals surface area contributed by atoms with E-state index in [4.69, 9.17) is 19.4 Å². The molecule has 0 saturated carbocycles. The summed E-state index contributed by atoms with van der Waals surface area (Å²) < 4.78 is 11.2. The van der Waals surface area contributed by atoms with Gasteiger partial charge in [0.2, 0.25) is 0 Å². The quantitative estimate of drug-likeness (QED) is 0.0365. The van der Waals surface area contributed by atoms with Crippen molar-refractivity contribution in [3.05, 3.63) is 0 Å². The molecule has 0 aromatic heterocycles. The van der Waals surface area contributed by atoms with Crippen molar-refractivity contribution in [3.63, 3.8) is 0 Å². The third-order valence-corrected chi connectivity index (χ3v) is 11.6. The van der Waals surface area contributed by atoms with Crippen LogP contribution in [0.1, 0.15) is 233 Å². The number of carbonyl (C=O) groups is 2. The summed E-state index contributed by atoms with van der Waals surface area (Å²) in [6.45, 7) is 18.4. The Morgan fingerprint density at radius 1 is 0.373 bits per heavy atom. The van der Waals surface area contributed by atoms with E-state index in [0.717, 1.165) is 97.3 Å². The van der Waals surface area contributed by atoms with E-state index in [-0.39, 0.29) is 18.5 Å². The summed E-state index contributed by atoms with van der Waals surface area (Å²) in [6, 6.07) is 0. The van der Waals surface area contributed by atoms with Gasteiger partial charge in [-0.25, -0.2) is 0 Å². The smallest absolute Gasteiger partial charge is 0.325 e. The number of hydrogen-bond acceptors (Lipinski definition) is 9. The van der Waals surface area contributed by atoms with Gasteiger partial charge in [-0.1, -0.05) is 169 Å². The molecule has 0 saturated heterocycles. The molecule has 0 aliphatic rings. The maximum Gasteiger partial charge on any atom is 0.325 e. The van der Waals surface area contributed by atoms with Crippen LogP contribution in [0.5, 0.6) is 0 Å². The first kappa shape index (κ1) is 57.7. The summed E-state index contributed by atoms with van der Waals surface area (Å²) in [6.07, 6.45) is 37.1. The summed E-state index contributed by atoms with van der Waals surface area (Å²) in [7, 11) is 0. The first-order valence-corrected chi connectivity index (χ1v) is 25.7. The molecule has 0 radical (unpaired) electrons. The molecule has 0 rings (SSSR count).